The van der Waals surface area contributed by atoms with Crippen LogP contribution in [0.4, 0.5) is 0 Å². The molecule has 4 heteroatoms. The fraction of sp³-hybridized carbons (Fsp3) is 0.294. The van der Waals surface area contributed by atoms with Crippen LogP contribution in [0.15, 0.2) is 48.5 Å². The highest BCUT2D eigenvalue weighted by molar-refractivity contribution is 6.34. The number of rotatable bonds is 7. The van der Waals surface area contributed by atoms with E-state index in [0.717, 1.165) is 25.1 Å². The maximum atomic E-state index is 6.19. The van der Waals surface area contributed by atoms with Crippen LogP contribution in [0.5, 0.6) is 5.75 Å². The lowest BCUT2D eigenvalue weighted by molar-refractivity contribution is 0.202. The van der Waals surface area contributed by atoms with Crippen molar-refractivity contribution in [3.8, 4) is 5.75 Å². The Morgan fingerprint density at radius 1 is 1.10 bits per heavy atom. The molecule has 0 heterocycles. The van der Waals surface area contributed by atoms with Crippen molar-refractivity contribution in [3.05, 3.63) is 64.1 Å². The SMILES string of the molecule is CCCNCC(Oc1cc(Cl)ccc1Cl)c1ccccc1. The van der Waals surface area contributed by atoms with Crippen LogP contribution < -0.4 is 10.1 Å². The molecule has 0 radical (unpaired) electrons. The van der Waals surface area contributed by atoms with Crippen LogP contribution in [0.1, 0.15) is 25.0 Å². The first-order chi connectivity index (χ1) is 10.2. The normalized spacial score (nSPS) is 12.1. The lowest BCUT2D eigenvalue weighted by Gasteiger charge is -2.21. The summed E-state index contributed by atoms with van der Waals surface area (Å²) in [7, 11) is 0. The van der Waals surface area contributed by atoms with Crippen molar-refractivity contribution in [2.75, 3.05) is 13.1 Å². The molecule has 2 rings (SSSR count). The first kappa shape index (κ1) is 16.2. The minimum absolute atomic E-state index is 0.103. The highest BCUT2D eigenvalue weighted by Gasteiger charge is 2.14. The smallest absolute Gasteiger partial charge is 0.140 e. The number of ether oxygens (including phenoxy) is 1. The molecule has 0 saturated carbocycles. The van der Waals surface area contributed by atoms with E-state index in [9.17, 15) is 0 Å². The van der Waals surface area contributed by atoms with E-state index in [0.29, 0.717) is 15.8 Å². The molecule has 0 spiro atoms. The van der Waals surface area contributed by atoms with Crippen LogP contribution >= 0.6 is 23.2 Å². The summed E-state index contributed by atoms with van der Waals surface area (Å²) in [6.45, 7) is 3.82. The summed E-state index contributed by atoms with van der Waals surface area (Å²) in [6, 6.07) is 15.4. The second-order valence-electron chi connectivity index (χ2n) is 4.80. The average Bonchev–Trinajstić information content (AvgIpc) is 2.51. The van der Waals surface area contributed by atoms with Gasteiger partial charge in [-0.25, -0.2) is 0 Å². The fourth-order valence-electron chi connectivity index (χ4n) is 2.03. The lowest BCUT2D eigenvalue weighted by Crippen LogP contribution is -2.25. The summed E-state index contributed by atoms with van der Waals surface area (Å²) in [4.78, 5) is 0. The van der Waals surface area contributed by atoms with Gasteiger partial charge in [0.1, 0.15) is 11.9 Å². The Morgan fingerprint density at radius 3 is 2.57 bits per heavy atom. The molecule has 21 heavy (non-hydrogen) atoms. The molecule has 0 aliphatic carbocycles. The van der Waals surface area contributed by atoms with Crippen molar-refractivity contribution in [1.29, 1.82) is 0 Å². The third kappa shape index (κ3) is 4.92. The molecule has 2 aromatic carbocycles. The first-order valence-corrected chi connectivity index (χ1v) is 7.83. The largest absolute Gasteiger partial charge is 0.483 e. The number of benzene rings is 2. The minimum atomic E-state index is -0.103. The maximum absolute atomic E-state index is 6.19. The summed E-state index contributed by atoms with van der Waals surface area (Å²) in [6.07, 6.45) is 0.980. The molecule has 2 nitrogen and oxygen atoms in total. The van der Waals surface area contributed by atoms with Crippen LogP contribution in [0.2, 0.25) is 10.0 Å². The van der Waals surface area contributed by atoms with Gasteiger partial charge in [-0.3, -0.25) is 0 Å². The number of hydrogen-bond acceptors (Lipinski definition) is 2. The van der Waals surface area contributed by atoms with E-state index >= 15 is 0 Å². The summed E-state index contributed by atoms with van der Waals surface area (Å²) in [5, 5.41) is 4.57. The topological polar surface area (TPSA) is 21.3 Å². The predicted molar refractivity (Wildman–Crippen MR) is 89.4 cm³/mol. The average molecular weight is 324 g/mol. The van der Waals surface area contributed by atoms with Crippen molar-refractivity contribution in [1.82, 2.24) is 5.32 Å². The highest BCUT2D eigenvalue weighted by Crippen LogP contribution is 2.31. The standard InChI is InChI=1S/C17H19Cl2NO/c1-2-10-20-12-17(13-6-4-3-5-7-13)21-16-11-14(18)8-9-15(16)19/h3-9,11,17,20H,2,10,12H2,1H3. The third-order valence-electron chi connectivity index (χ3n) is 3.09. The van der Waals surface area contributed by atoms with Crippen molar-refractivity contribution >= 4 is 23.2 Å². The van der Waals surface area contributed by atoms with Gasteiger partial charge in [0.25, 0.3) is 0 Å². The van der Waals surface area contributed by atoms with Crippen molar-refractivity contribution in [2.24, 2.45) is 0 Å². The van der Waals surface area contributed by atoms with Gasteiger partial charge in [0.15, 0.2) is 0 Å². The van der Waals surface area contributed by atoms with Crippen molar-refractivity contribution in [3.63, 3.8) is 0 Å². The molecule has 0 aliphatic heterocycles. The Hall–Kier alpha value is -1.22. The van der Waals surface area contributed by atoms with Crippen LogP contribution in [0.25, 0.3) is 0 Å². The summed E-state index contributed by atoms with van der Waals surface area (Å²) in [5.41, 5.74) is 1.11. The molecular weight excluding hydrogens is 305 g/mol. The van der Waals surface area contributed by atoms with E-state index in [1.807, 2.05) is 18.2 Å². The highest BCUT2D eigenvalue weighted by atomic mass is 35.5. The molecule has 0 saturated heterocycles. The maximum Gasteiger partial charge on any atom is 0.140 e. The van der Waals surface area contributed by atoms with Crippen molar-refractivity contribution in [2.45, 2.75) is 19.4 Å². The number of hydrogen-bond donors (Lipinski definition) is 1. The van der Waals surface area contributed by atoms with E-state index in [-0.39, 0.29) is 6.10 Å². The molecule has 0 fully saturated rings. The van der Waals surface area contributed by atoms with E-state index in [1.54, 1.807) is 18.2 Å². The molecule has 0 aromatic heterocycles. The zero-order valence-electron chi connectivity index (χ0n) is 12.0. The molecule has 0 bridgehead atoms. The van der Waals surface area contributed by atoms with Gasteiger partial charge < -0.3 is 10.1 Å². The monoisotopic (exact) mass is 323 g/mol. The van der Waals surface area contributed by atoms with Gasteiger partial charge in [0, 0.05) is 17.6 Å². The van der Waals surface area contributed by atoms with Crippen molar-refractivity contribution < 1.29 is 4.74 Å². The Balaban J connectivity index is 2.17. The van der Waals surface area contributed by atoms with Crippen LogP contribution in [-0.4, -0.2) is 13.1 Å². The summed E-state index contributed by atoms with van der Waals surface area (Å²) < 4.78 is 6.08. The van der Waals surface area contributed by atoms with Crippen LogP contribution in [0, 0.1) is 0 Å². The molecule has 112 valence electrons. The van der Waals surface area contributed by atoms with E-state index < -0.39 is 0 Å². The van der Waals surface area contributed by atoms with Gasteiger partial charge in [-0.1, -0.05) is 60.5 Å². The number of halogens is 2. The first-order valence-electron chi connectivity index (χ1n) is 7.08. The van der Waals surface area contributed by atoms with Gasteiger partial charge in [-0.15, -0.1) is 0 Å². The fourth-order valence-corrected chi connectivity index (χ4v) is 2.35. The second-order valence-corrected chi connectivity index (χ2v) is 5.64. The molecule has 0 aliphatic rings. The molecule has 2 aromatic rings. The van der Waals surface area contributed by atoms with Gasteiger partial charge in [-0.2, -0.15) is 0 Å². The Morgan fingerprint density at radius 2 is 1.86 bits per heavy atom. The van der Waals surface area contributed by atoms with E-state index in [2.05, 4.69) is 24.4 Å². The van der Waals surface area contributed by atoms with Crippen LogP contribution in [-0.2, 0) is 0 Å². The lowest BCUT2D eigenvalue weighted by atomic mass is 10.1. The Bertz CT molecular complexity index is 560. The van der Waals surface area contributed by atoms with E-state index in [1.165, 1.54) is 0 Å². The molecule has 1 N–H and O–H groups in total. The van der Waals surface area contributed by atoms with E-state index in [4.69, 9.17) is 27.9 Å². The molecule has 1 unspecified atom stereocenters. The zero-order valence-corrected chi connectivity index (χ0v) is 13.5. The second kappa shape index (κ2) is 8.28. The Labute approximate surface area is 136 Å². The molecule has 0 amide bonds. The van der Waals surface area contributed by atoms with Gasteiger partial charge in [0.05, 0.1) is 5.02 Å². The minimum Gasteiger partial charge on any atom is -0.483 e. The zero-order chi connectivity index (χ0) is 15.1. The van der Waals surface area contributed by atoms with Crippen LogP contribution in [0.3, 0.4) is 0 Å². The van der Waals surface area contributed by atoms with Gasteiger partial charge >= 0.3 is 0 Å². The summed E-state index contributed by atoms with van der Waals surface area (Å²) >= 11 is 12.2. The quantitative estimate of drug-likeness (QED) is 0.714. The number of nitrogens with one attached hydrogen (secondary N) is 1. The molecular formula is C17H19Cl2NO. The van der Waals surface area contributed by atoms with Gasteiger partial charge in [-0.05, 0) is 30.7 Å². The Kier molecular flexibility index (Phi) is 6.37. The summed E-state index contributed by atoms with van der Waals surface area (Å²) in [5.74, 6) is 0.608. The predicted octanol–water partition coefficient (Wildman–Crippen LogP) is 5.11. The molecule has 1 atom stereocenters. The van der Waals surface area contributed by atoms with Gasteiger partial charge in [0.2, 0.25) is 0 Å². The third-order valence-corrected chi connectivity index (χ3v) is 3.64.